The number of aryl methyl sites for hydroxylation is 1. The van der Waals surface area contributed by atoms with Gasteiger partial charge in [0.2, 0.25) is 0 Å². The summed E-state index contributed by atoms with van der Waals surface area (Å²) in [4.78, 5) is 26.8. The molecule has 2 aromatic carbocycles. The molecule has 0 aromatic heterocycles. The van der Waals surface area contributed by atoms with Crippen molar-refractivity contribution in [2.24, 2.45) is 0 Å². The first-order chi connectivity index (χ1) is 13.0. The molecule has 0 atom stereocenters. The van der Waals surface area contributed by atoms with Gasteiger partial charge < -0.3 is 19.7 Å². The van der Waals surface area contributed by atoms with Crippen molar-refractivity contribution in [2.75, 3.05) is 38.7 Å². The molecule has 1 heterocycles. The van der Waals surface area contributed by atoms with Crippen LogP contribution in [0.3, 0.4) is 0 Å². The van der Waals surface area contributed by atoms with Crippen LogP contribution in [-0.2, 0) is 4.74 Å². The summed E-state index contributed by atoms with van der Waals surface area (Å²) in [6, 6.07) is 10.0. The highest BCUT2D eigenvalue weighted by Gasteiger charge is 2.19. The predicted octanol–water partition coefficient (Wildman–Crippen LogP) is 3.38. The summed E-state index contributed by atoms with van der Waals surface area (Å²) in [6.45, 7) is 4.11. The van der Waals surface area contributed by atoms with E-state index in [0.29, 0.717) is 53.9 Å². The molecule has 0 bridgehead atoms. The molecule has 7 heteroatoms. The van der Waals surface area contributed by atoms with Crippen molar-refractivity contribution >= 4 is 29.1 Å². The van der Waals surface area contributed by atoms with Gasteiger partial charge in [0.25, 0.3) is 11.8 Å². The van der Waals surface area contributed by atoms with Crippen molar-refractivity contribution in [3.63, 3.8) is 0 Å². The molecule has 0 radical (unpaired) electrons. The Morgan fingerprint density at radius 3 is 2.37 bits per heavy atom. The summed E-state index contributed by atoms with van der Waals surface area (Å²) in [5.74, 6) is 0.138. The van der Waals surface area contributed by atoms with E-state index in [1.54, 1.807) is 41.3 Å². The lowest BCUT2D eigenvalue weighted by Crippen LogP contribution is -2.40. The quantitative estimate of drug-likeness (QED) is 0.871. The molecule has 6 nitrogen and oxygen atoms in total. The topological polar surface area (TPSA) is 67.9 Å². The number of ether oxygens (including phenoxy) is 2. The van der Waals surface area contributed by atoms with Crippen LogP contribution in [0.2, 0.25) is 5.02 Å². The maximum absolute atomic E-state index is 12.5. The second-order valence-electron chi connectivity index (χ2n) is 6.24. The molecule has 0 aliphatic carbocycles. The van der Waals surface area contributed by atoms with E-state index in [-0.39, 0.29) is 11.8 Å². The van der Waals surface area contributed by atoms with Crippen molar-refractivity contribution in [3.8, 4) is 5.75 Å². The molecular formula is C20H21ClN2O4. The Balaban J connectivity index is 1.72. The molecule has 0 unspecified atom stereocenters. The summed E-state index contributed by atoms with van der Waals surface area (Å²) in [7, 11) is 1.52. The van der Waals surface area contributed by atoms with Gasteiger partial charge in [-0.05, 0) is 42.8 Å². The summed E-state index contributed by atoms with van der Waals surface area (Å²) < 4.78 is 10.5. The fraction of sp³-hybridized carbons (Fsp3) is 0.300. The number of rotatable bonds is 4. The van der Waals surface area contributed by atoms with Gasteiger partial charge in [-0.3, -0.25) is 9.59 Å². The minimum atomic E-state index is -0.291. The highest BCUT2D eigenvalue weighted by molar-refractivity contribution is 6.31. The molecule has 1 aliphatic heterocycles. The lowest BCUT2D eigenvalue weighted by Gasteiger charge is -2.26. The standard InChI is InChI=1S/C20H21ClN2O4/c1-13-11-17(18(26-2)12-16(13)21)22-19(24)14-3-5-15(6-4-14)20(25)23-7-9-27-10-8-23/h3-6,11-12H,7-10H2,1-2H3,(H,22,24). The van der Waals surface area contributed by atoms with Crippen LogP contribution in [0.5, 0.6) is 5.75 Å². The third-order valence-electron chi connectivity index (χ3n) is 4.42. The van der Waals surface area contributed by atoms with Crippen LogP contribution in [0.15, 0.2) is 36.4 Å². The zero-order valence-corrected chi connectivity index (χ0v) is 16.0. The zero-order chi connectivity index (χ0) is 19.4. The van der Waals surface area contributed by atoms with E-state index >= 15 is 0 Å². The van der Waals surface area contributed by atoms with Crippen molar-refractivity contribution in [1.82, 2.24) is 4.90 Å². The first-order valence-corrected chi connectivity index (χ1v) is 9.00. The Bertz CT molecular complexity index is 846. The van der Waals surface area contributed by atoms with E-state index in [1.807, 2.05) is 6.92 Å². The molecule has 2 amide bonds. The Morgan fingerprint density at radius 1 is 1.11 bits per heavy atom. The van der Waals surface area contributed by atoms with Crippen LogP contribution < -0.4 is 10.1 Å². The third kappa shape index (κ3) is 4.40. The lowest BCUT2D eigenvalue weighted by atomic mass is 10.1. The third-order valence-corrected chi connectivity index (χ3v) is 4.83. The summed E-state index contributed by atoms with van der Waals surface area (Å²) in [6.07, 6.45) is 0. The number of carbonyl (C=O) groups excluding carboxylic acids is 2. The molecule has 0 spiro atoms. The summed E-state index contributed by atoms with van der Waals surface area (Å²) in [5, 5.41) is 3.39. The first-order valence-electron chi connectivity index (χ1n) is 8.62. The van der Waals surface area contributed by atoms with E-state index in [4.69, 9.17) is 21.1 Å². The molecule has 1 saturated heterocycles. The number of morpholine rings is 1. The number of hydrogen-bond acceptors (Lipinski definition) is 4. The zero-order valence-electron chi connectivity index (χ0n) is 15.3. The molecule has 1 fully saturated rings. The predicted molar refractivity (Wildman–Crippen MR) is 104 cm³/mol. The van der Waals surface area contributed by atoms with Crippen LogP contribution in [0, 0.1) is 6.92 Å². The number of methoxy groups -OCH3 is 1. The van der Waals surface area contributed by atoms with Gasteiger partial charge in [0.1, 0.15) is 5.75 Å². The van der Waals surface area contributed by atoms with Crippen LogP contribution in [0.4, 0.5) is 5.69 Å². The normalized spacial score (nSPS) is 14.0. The Kier molecular flexibility index (Phi) is 5.98. The average molecular weight is 389 g/mol. The van der Waals surface area contributed by atoms with Crippen LogP contribution in [0.25, 0.3) is 0 Å². The lowest BCUT2D eigenvalue weighted by molar-refractivity contribution is 0.0303. The number of benzene rings is 2. The molecule has 27 heavy (non-hydrogen) atoms. The van der Waals surface area contributed by atoms with Crippen LogP contribution in [-0.4, -0.2) is 50.1 Å². The van der Waals surface area contributed by atoms with Gasteiger partial charge in [0.15, 0.2) is 0 Å². The van der Waals surface area contributed by atoms with Gasteiger partial charge in [-0.2, -0.15) is 0 Å². The maximum atomic E-state index is 12.5. The van der Waals surface area contributed by atoms with E-state index in [9.17, 15) is 9.59 Å². The van der Waals surface area contributed by atoms with E-state index < -0.39 is 0 Å². The van der Waals surface area contributed by atoms with Crippen LogP contribution in [0.1, 0.15) is 26.3 Å². The second kappa shape index (κ2) is 8.41. The van der Waals surface area contributed by atoms with Gasteiger partial charge in [-0.15, -0.1) is 0 Å². The van der Waals surface area contributed by atoms with Crippen molar-refractivity contribution in [3.05, 3.63) is 58.1 Å². The first kappa shape index (κ1) is 19.2. The number of nitrogens with one attached hydrogen (secondary N) is 1. The monoisotopic (exact) mass is 388 g/mol. The average Bonchev–Trinajstić information content (AvgIpc) is 2.70. The number of hydrogen-bond donors (Lipinski definition) is 1. The van der Waals surface area contributed by atoms with Crippen LogP contribution >= 0.6 is 11.6 Å². The second-order valence-corrected chi connectivity index (χ2v) is 6.64. The number of carbonyl (C=O) groups is 2. The van der Waals surface area contributed by atoms with Gasteiger partial charge in [0.05, 0.1) is 26.0 Å². The highest BCUT2D eigenvalue weighted by atomic mass is 35.5. The maximum Gasteiger partial charge on any atom is 0.255 e. The molecule has 3 rings (SSSR count). The number of halogens is 1. The Hall–Kier alpha value is -2.57. The number of nitrogens with zero attached hydrogens (tertiary/aromatic N) is 1. The van der Waals surface area contributed by atoms with Crippen molar-refractivity contribution in [2.45, 2.75) is 6.92 Å². The minimum Gasteiger partial charge on any atom is -0.495 e. The largest absolute Gasteiger partial charge is 0.495 e. The Labute approximate surface area is 163 Å². The summed E-state index contributed by atoms with van der Waals surface area (Å²) >= 11 is 6.09. The smallest absolute Gasteiger partial charge is 0.255 e. The molecule has 0 saturated carbocycles. The van der Waals surface area contributed by atoms with Gasteiger partial charge in [0, 0.05) is 35.3 Å². The molecule has 1 aliphatic rings. The molecular weight excluding hydrogens is 368 g/mol. The Morgan fingerprint density at radius 2 is 1.74 bits per heavy atom. The van der Waals surface area contributed by atoms with Gasteiger partial charge >= 0.3 is 0 Å². The number of amides is 2. The van der Waals surface area contributed by atoms with Crippen molar-refractivity contribution < 1.29 is 19.1 Å². The van der Waals surface area contributed by atoms with E-state index in [0.717, 1.165) is 5.56 Å². The van der Waals surface area contributed by atoms with E-state index in [2.05, 4.69) is 5.32 Å². The highest BCUT2D eigenvalue weighted by Crippen LogP contribution is 2.31. The van der Waals surface area contributed by atoms with Crippen molar-refractivity contribution in [1.29, 1.82) is 0 Å². The van der Waals surface area contributed by atoms with Gasteiger partial charge in [-0.25, -0.2) is 0 Å². The van der Waals surface area contributed by atoms with E-state index in [1.165, 1.54) is 7.11 Å². The SMILES string of the molecule is COc1cc(Cl)c(C)cc1NC(=O)c1ccc(C(=O)N2CCOCC2)cc1. The van der Waals surface area contributed by atoms with Gasteiger partial charge in [-0.1, -0.05) is 11.6 Å². The number of anilines is 1. The fourth-order valence-electron chi connectivity index (χ4n) is 2.84. The molecule has 2 aromatic rings. The molecule has 1 N–H and O–H groups in total. The summed E-state index contributed by atoms with van der Waals surface area (Å²) in [5.41, 5.74) is 2.37. The fourth-order valence-corrected chi connectivity index (χ4v) is 2.99. The molecule has 142 valence electrons. The minimum absolute atomic E-state index is 0.0553.